The van der Waals surface area contributed by atoms with E-state index in [1.807, 2.05) is 12.4 Å². The van der Waals surface area contributed by atoms with Crippen LogP contribution in [0.3, 0.4) is 0 Å². The molecule has 1 aromatic rings. The standard InChI is InChI=1S/C17H27N5/c1-20-5-7-22(8-6-20)16-12-21(13-16)11-14-9-18-17(19-10-14)15-3-2-4-15/h9-10,15-16H,2-8,11-13H2,1H3. The third kappa shape index (κ3) is 3.03. The predicted molar refractivity (Wildman–Crippen MR) is 86.8 cm³/mol. The van der Waals surface area contributed by atoms with E-state index >= 15 is 0 Å². The maximum absolute atomic E-state index is 4.58. The van der Waals surface area contributed by atoms with Crippen molar-refractivity contribution in [1.29, 1.82) is 0 Å². The zero-order valence-corrected chi connectivity index (χ0v) is 13.6. The van der Waals surface area contributed by atoms with E-state index in [1.54, 1.807) is 0 Å². The summed E-state index contributed by atoms with van der Waals surface area (Å²) in [7, 11) is 2.22. The monoisotopic (exact) mass is 301 g/mol. The van der Waals surface area contributed by atoms with Crippen LogP contribution in [0.1, 0.15) is 36.6 Å². The molecule has 22 heavy (non-hydrogen) atoms. The fraction of sp³-hybridized carbons (Fsp3) is 0.765. The summed E-state index contributed by atoms with van der Waals surface area (Å²) in [6.07, 6.45) is 7.99. The van der Waals surface area contributed by atoms with Crippen LogP contribution in [-0.4, -0.2) is 77.0 Å². The lowest BCUT2D eigenvalue weighted by Crippen LogP contribution is -2.62. The number of rotatable bonds is 4. The van der Waals surface area contributed by atoms with Crippen LogP contribution in [0.25, 0.3) is 0 Å². The maximum atomic E-state index is 4.58. The Morgan fingerprint density at radius 1 is 1.05 bits per heavy atom. The van der Waals surface area contributed by atoms with Gasteiger partial charge in [0.25, 0.3) is 0 Å². The molecule has 0 radical (unpaired) electrons. The topological polar surface area (TPSA) is 35.5 Å². The molecule has 0 spiro atoms. The minimum Gasteiger partial charge on any atom is -0.304 e. The molecule has 3 heterocycles. The molecule has 0 aromatic carbocycles. The molecule has 3 aliphatic rings. The highest BCUT2D eigenvalue weighted by atomic mass is 15.3. The van der Waals surface area contributed by atoms with Crippen molar-refractivity contribution in [3.05, 3.63) is 23.8 Å². The van der Waals surface area contributed by atoms with E-state index in [-0.39, 0.29) is 0 Å². The normalized spacial score (nSPS) is 25.9. The molecule has 3 fully saturated rings. The van der Waals surface area contributed by atoms with Gasteiger partial charge in [0.1, 0.15) is 5.82 Å². The Bertz CT molecular complexity index is 484. The van der Waals surface area contributed by atoms with E-state index in [9.17, 15) is 0 Å². The van der Waals surface area contributed by atoms with Gasteiger partial charge in [0.15, 0.2) is 0 Å². The van der Waals surface area contributed by atoms with Gasteiger partial charge in [-0.15, -0.1) is 0 Å². The number of likely N-dealkylation sites (tertiary alicyclic amines) is 1. The van der Waals surface area contributed by atoms with Gasteiger partial charge in [0.05, 0.1) is 0 Å². The number of likely N-dealkylation sites (N-methyl/N-ethyl adjacent to an activating group) is 1. The summed E-state index contributed by atoms with van der Waals surface area (Å²) in [5, 5.41) is 0. The molecule has 0 atom stereocenters. The first kappa shape index (κ1) is 14.5. The van der Waals surface area contributed by atoms with Gasteiger partial charge in [-0.25, -0.2) is 9.97 Å². The second kappa shape index (κ2) is 6.22. The van der Waals surface area contributed by atoms with Crippen LogP contribution in [0.2, 0.25) is 0 Å². The van der Waals surface area contributed by atoms with E-state index in [0.717, 1.165) is 18.4 Å². The van der Waals surface area contributed by atoms with E-state index < -0.39 is 0 Å². The molecule has 0 amide bonds. The van der Waals surface area contributed by atoms with Crippen molar-refractivity contribution in [2.45, 2.75) is 37.8 Å². The first-order valence-electron chi connectivity index (χ1n) is 8.74. The zero-order chi connectivity index (χ0) is 14.9. The van der Waals surface area contributed by atoms with Crippen molar-refractivity contribution >= 4 is 0 Å². The molecule has 120 valence electrons. The minimum absolute atomic E-state index is 0.639. The van der Waals surface area contributed by atoms with Crippen LogP contribution in [0.5, 0.6) is 0 Å². The number of hydrogen-bond acceptors (Lipinski definition) is 5. The zero-order valence-electron chi connectivity index (χ0n) is 13.6. The largest absolute Gasteiger partial charge is 0.304 e. The summed E-state index contributed by atoms with van der Waals surface area (Å²) in [6, 6.07) is 0.767. The van der Waals surface area contributed by atoms with Crippen LogP contribution in [-0.2, 0) is 6.54 Å². The summed E-state index contributed by atoms with van der Waals surface area (Å²) < 4.78 is 0. The van der Waals surface area contributed by atoms with Crippen LogP contribution >= 0.6 is 0 Å². The Hall–Kier alpha value is -1.04. The quantitative estimate of drug-likeness (QED) is 0.834. The van der Waals surface area contributed by atoms with Gasteiger partial charge < -0.3 is 4.90 Å². The summed E-state index contributed by atoms with van der Waals surface area (Å²) >= 11 is 0. The minimum atomic E-state index is 0.639. The lowest BCUT2D eigenvalue weighted by molar-refractivity contribution is 0.00535. The fourth-order valence-corrected chi connectivity index (χ4v) is 3.67. The van der Waals surface area contributed by atoms with Crippen molar-refractivity contribution in [3.8, 4) is 0 Å². The molecule has 5 nitrogen and oxygen atoms in total. The van der Waals surface area contributed by atoms with E-state index in [0.29, 0.717) is 5.92 Å². The molecular formula is C17H27N5. The first-order chi connectivity index (χ1) is 10.8. The lowest BCUT2D eigenvalue weighted by Gasteiger charge is -2.47. The smallest absolute Gasteiger partial charge is 0.131 e. The molecule has 0 unspecified atom stereocenters. The predicted octanol–water partition coefficient (Wildman–Crippen LogP) is 1.18. The van der Waals surface area contributed by atoms with Gasteiger partial charge in [-0.1, -0.05) is 6.42 Å². The molecule has 1 saturated carbocycles. The molecule has 1 aliphatic carbocycles. The van der Waals surface area contributed by atoms with Gasteiger partial charge in [0, 0.05) is 75.7 Å². The van der Waals surface area contributed by atoms with Crippen molar-refractivity contribution in [3.63, 3.8) is 0 Å². The molecule has 0 N–H and O–H groups in total. The summed E-state index contributed by atoms with van der Waals surface area (Å²) in [5.74, 6) is 1.70. The fourth-order valence-electron chi connectivity index (χ4n) is 3.67. The second-order valence-corrected chi connectivity index (χ2v) is 7.26. The van der Waals surface area contributed by atoms with Crippen LogP contribution in [0.4, 0.5) is 0 Å². The number of hydrogen-bond donors (Lipinski definition) is 0. The van der Waals surface area contributed by atoms with Gasteiger partial charge >= 0.3 is 0 Å². The molecular weight excluding hydrogens is 274 g/mol. The van der Waals surface area contributed by atoms with Gasteiger partial charge in [-0.3, -0.25) is 9.80 Å². The van der Waals surface area contributed by atoms with Crippen molar-refractivity contribution in [2.24, 2.45) is 0 Å². The highest BCUT2D eigenvalue weighted by Crippen LogP contribution is 2.34. The third-order valence-corrected chi connectivity index (χ3v) is 5.59. The highest BCUT2D eigenvalue weighted by molar-refractivity contribution is 5.10. The second-order valence-electron chi connectivity index (χ2n) is 7.26. The van der Waals surface area contributed by atoms with E-state index in [4.69, 9.17) is 0 Å². The van der Waals surface area contributed by atoms with Gasteiger partial charge in [0.2, 0.25) is 0 Å². The Morgan fingerprint density at radius 3 is 2.32 bits per heavy atom. The number of piperazine rings is 1. The third-order valence-electron chi connectivity index (χ3n) is 5.59. The maximum Gasteiger partial charge on any atom is 0.131 e. The number of nitrogens with zero attached hydrogens (tertiary/aromatic N) is 5. The summed E-state index contributed by atoms with van der Waals surface area (Å²) in [6.45, 7) is 8.31. The number of aromatic nitrogens is 2. The first-order valence-corrected chi connectivity index (χ1v) is 8.74. The molecule has 2 saturated heterocycles. The molecule has 4 rings (SSSR count). The SMILES string of the molecule is CN1CCN(C2CN(Cc3cnc(C4CCC4)nc3)C2)CC1. The Kier molecular flexibility index (Phi) is 4.11. The van der Waals surface area contributed by atoms with E-state index in [1.165, 1.54) is 64.1 Å². The average molecular weight is 301 g/mol. The van der Waals surface area contributed by atoms with Gasteiger partial charge in [-0.2, -0.15) is 0 Å². The summed E-state index contributed by atoms with van der Waals surface area (Å²) in [4.78, 5) is 16.8. The van der Waals surface area contributed by atoms with Crippen LogP contribution in [0.15, 0.2) is 12.4 Å². The van der Waals surface area contributed by atoms with Crippen LogP contribution in [0, 0.1) is 0 Å². The van der Waals surface area contributed by atoms with Crippen molar-refractivity contribution < 1.29 is 0 Å². The van der Waals surface area contributed by atoms with Crippen molar-refractivity contribution in [1.82, 2.24) is 24.7 Å². The Morgan fingerprint density at radius 2 is 1.73 bits per heavy atom. The van der Waals surface area contributed by atoms with E-state index in [2.05, 4.69) is 31.7 Å². The van der Waals surface area contributed by atoms with Gasteiger partial charge in [-0.05, 0) is 19.9 Å². The van der Waals surface area contributed by atoms with Crippen molar-refractivity contribution in [2.75, 3.05) is 46.3 Å². The average Bonchev–Trinajstić information content (AvgIpc) is 2.44. The molecule has 0 bridgehead atoms. The molecule has 2 aliphatic heterocycles. The Balaban J connectivity index is 1.23. The van der Waals surface area contributed by atoms with Crippen LogP contribution < -0.4 is 0 Å². The Labute approximate surface area is 133 Å². The summed E-state index contributed by atoms with van der Waals surface area (Å²) in [5.41, 5.74) is 1.26. The molecule has 5 heteroatoms. The molecule has 1 aromatic heterocycles. The highest BCUT2D eigenvalue weighted by Gasteiger charge is 2.32. The lowest BCUT2D eigenvalue weighted by atomic mass is 9.85.